The Bertz CT molecular complexity index is 1340. The number of benzene rings is 2. The molecule has 30 heavy (non-hydrogen) atoms. The predicted octanol–water partition coefficient (Wildman–Crippen LogP) is 5.48. The number of carbonyl (C=O) groups excluding carboxylic acids is 1. The van der Waals surface area contributed by atoms with Crippen molar-refractivity contribution in [2.75, 3.05) is 5.75 Å². The van der Waals surface area contributed by atoms with Crippen molar-refractivity contribution in [3.05, 3.63) is 68.8 Å². The number of fused-ring (bicyclic) bond motifs is 4. The van der Waals surface area contributed by atoms with Gasteiger partial charge in [0.05, 0.1) is 11.1 Å². The summed E-state index contributed by atoms with van der Waals surface area (Å²) in [5.41, 5.74) is 1.95. The summed E-state index contributed by atoms with van der Waals surface area (Å²) in [6.07, 6.45) is 4.35. The van der Waals surface area contributed by atoms with E-state index in [0.29, 0.717) is 17.3 Å². The number of aromatic nitrogens is 2. The molecule has 0 unspecified atom stereocenters. The molecule has 0 radical (unpaired) electrons. The van der Waals surface area contributed by atoms with Crippen LogP contribution in [0.15, 0.2) is 52.4 Å². The zero-order valence-corrected chi connectivity index (χ0v) is 18.4. The van der Waals surface area contributed by atoms with Gasteiger partial charge in [0.1, 0.15) is 4.83 Å². The number of carbonyl (C=O) groups is 1. The van der Waals surface area contributed by atoms with Gasteiger partial charge in [-0.05, 0) is 55.0 Å². The smallest absolute Gasteiger partial charge is 0.263 e. The van der Waals surface area contributed by atoms with Crippen LogP contribution in [0.5, 0.6) is 0 Å². The first-order valence-corrected chi connectivity index (χ1v) is 12.2. The third-order valence-electron chi connectivity index (χ3n) is 5.76. The van der Waals surface area contributed by atoms with Crippen LogP contribution in [0, 0.1) is 0 Å². The number of ketones is 1. The standard InChI is InChI=1S/C24H22N2O2S2/c1-2-26-23(28)21-18-9-5-6-10-20(18)30-22(21)25-24(26)29-14-19(27)17-12-11-15-7-3-4-8-16(15)13-17/h3-4,7-8,11-13H,2,5-6,9-10,14H2,1H3. The Morgan fingerprint density at radius 2 is 1.93 bits per heavy atom. The van der Waals surface area contributed by atoms with Gasteiger partial charge in [-0.15, -0.1) is 11.3 Å². The lowest BCUT2D eigenvalue weighted by atomic mass is 9.97. The second-order valence-corrected chi connectivity index (χ2v) is 9.63. The molecule has 0 aliphatic heterocycles. The molecule has 1 aliphatic rings. The van der Waals surface area contributed by atoms with Crippen molar-refractivity contribution in [1.82, 2.24) is 9.55 Å². The van der Waals surface area contributed by atoms with Crippen molar-refractivity contribution < 1.29 is 4.79 Å². The van der Waals surface area contributed by atoms with Gasteiger partial charge < -0.3 is 0 Å². The molecule has 2 aromatic heterocycles. The molecular formula is C24H22N2O2S2. The third-order valence-corrected chi connectivity index (χ3v) is 7.92. The first-order chi connectivity index (χ1) is 14.7. The van der Waals surface area contributed by atoms with Crippen LogP contribution in [0.3, 0.4) is 0 Å². The van der Waals surface area contributed by atoms with Crippen molar-refractivity contribution in [1.29, 1.82) is 0 Å². The maximum Gasteiger partial charge on any atom is 0.263 e. The van der Waals surface area contributed by atoms with E-state index in [1.165, 1.54) is 28.6 Å². The minimum Gasteiger partial charge on any atom is -0.293 e. The normalized spacial score (nSPS) is 13.6. The molecule has 1 aliphatic carbocycles. The SMILES string of the molecule is CCn1c(SCC(=O)c2ccc3ccccc3c2)nc2sc3c(c2c1=O)CCCC3. The van der Waals surface area contributed by atoms with E-state index in [1.807, 2.05) is 49.4 Å². The molecule has 0 saturated heterocycles. The minimum absolute atomic E-state index is 0.0440. The number of rotatable bonds is 5. The Hall–Kier alpha value is -2.44. The van der Waals surface area contributed by atoms with Crippen molar-refractivity contribution in [3.8, 4) is 0 Å². The predicted molar refractivity (Wildman–Crippen MR) is 125 cm³/mol. The lowest BCUT2D eigenvalue weighted by molar-refractivity contribution is 0.102. The number of thiophene rings is 1. The Morgan fingerprint density at radius 3 is 2.77 bits per heavy atom. The summed E-state index contributed by atoms with van der Waals surface area (Å²) < 4.78 is 1.72. The van der Waals surface area contributed by atoms with Gasteiger partial charge in [0, 0.05) is 17.0 Å². The van der Waals surface area contributed by atoms with E-state index in [2.05, 4.69) is 0 Å². The molecule has 0 fully saturated rings. The highest BCUT2D eigenvalue weighted by atomic mass is 32.2. The monoisotopic (exact) mass is 434 g/mol. The second-order valence-electron chi connectivity index (χ2n) is 7.61. The molecule has 0 saturated carbocycles. The van der Waals surface area contributed by atoms with Crippen LogP contribution >= 0.6 is 23.1 Å². The molecule has 0 N–H and O–H groups in total. The zero-order valence-electron chi connectivity index (χ0n) is 16.8. The molecule has 0 amide bonds. The number of hydrogen-bond donors (Lipinski definition) is 0. The highest BCUT2D eigenvalue weighted by molar-refractivity contribution is 7.99. The van der Waals surface area contributed by atoms with Crippen molar-refractivity contribution in [2.24, 2.45) is 0 Å². The van der Waals surface area contributed by atoms with Crippen molar-refractivity contribution in [3.63, 3.8) is 0 Å². The van der Waals surface area contributed by atoms with Gasteiger partial charge in [0.25, 0.3) is 5.56 Å². The number of Topliss-reactive ketones (excluding diaryl/α,β-unsaturated/α-hetero) is 1. The van der Waals surface area contributed by atoms with Crippen LogP contribution in [0.4, 0.5) is 0 Å². The van der Waals surface area contributed by atoms with E-state index in [-0.39, 0.29) is 17.1 Å². The number of aryl methyl sites for hydroxylation is 2. The lowest BCUT2D eigenvalue weighted by Gasteiger charge is -2.12. The first-order valence-electron chi connectivity index (χ1n) is 10.4. The average molecular weight is 435 g/mol. The highest BCUT2D eigenvalue weighted by Gasteiger charge is 2.22. The lowest BCUT2D eigenvalue weighted by Crippen LogP contribution is -2.23. The van der Waals surface area contributed by atoms with Crippen molar-refractivity contribution >= 4 is 49.9 Å². The summed E-state index contributed by atoms with van der Waals surface area (Å²) in [5.74, 6) is 0.315. The Kier molecular flexibility index (Phi) is 5.21. The van der Waals surface area contributed by atoms with Crippen LogP contribution in [0.1, 0.15) is 40.6 Å². The molecule has 6 heteroatoms. The molecule has 152 valence electrons. The van der Waals surface area contributed by atoms with E-state index in [1.54, 1.807) is 15.9 Å². The molecule has 2 heterocycles. The minimum atomic E-state index is 0.0440. The first kappa shape index (κ1) is 19.5. The molecule has 5 rings (SSSR count). The van der Waals surface area contributed by atoms with Gasteiger partial charge >= 0.3 is 0 Å². The maximum atomic E-state index is 13.2. The fourth-order valence-electron chi connectivity index (χ4n) is 4.19. The molecule has 0 atom stereocenters. The molecule has 2 aromatic carbocycles. The summed E-state index contributed by atoms with van der Waals surface area (Å²) in [6, 6.07) is 13.8. The van der Waals surface area contributed by atoms with Gasteiger partial charge in [-0.2, -0.15) is 0 Å². The summed E-state index contributed by atoms with van der Waals surface area (Å²) in [6.45, 7) is 2.52. The Balaban J connectivity index is 1.45. The topological polar surface area (TPSA) is 52.0 Å². The van der Waals surface area contributed by atoms with Gasteiger partial charge in [-0.25, -0.2) is 4.98 Å². The fourth-order valence-corrected chi connectivity index (χ4v) is 6.45. The van der Waals surface area contributed by atoms with E-state index in [4.69, 9.17) is 4.98 Å². The summed E-state index contributed by atoms with van der Waals surface area (Å²) in [7, 11) is 0. The molecule has 4 nitrogen and oxygen atoms in total. The third kappa shape index (κ3) is 3.38. The Morgan fingerprint density at radius 1 is 1.13 bits per heavy atom. The Labute approximate surface area is 183 Å². The highest BCUT2D eigenvalue weighted by Crippen LogP contribution is 2.34. The summed E-state index contributed by atoms with van der Waals surface area (Å²) >= 11 is 3.02. The maximum absolute atomic E-state index is 13.2. The number of thioether (sulfide) groups is 1. The molecule has 0 bridgehead atoms. The molecular weight excluding hydrogens is 412 g/mol. The van der Waals surface area contributed by atoms with Crippen LogP contribution in [0.2, 0.25) is 0 Å². The van der Waals surface area contributed by atoms with E-state index in [9.17, 15) is 9.59 Å². The van der Waals surface area contributed by atoms with Crippen LogP contribution < -0.4 is 5.56 Å². The summed E-state index contributed by atoms with van der Waals surface area (Å²) in [5, 5.41) is 3.63. The van der Waals surface area contributed by atoms with Gasteiger partial charge in [-0.1, -0.05) is 48.2 Å². The van der Waals surface area contributed by atoms with Crippen LogP contribution in [-0.2, 0) is 19.4 Å². The molecule has 0 spiro atoms. The zero-order chi connectivity index (χ0) is 20.7. The number of nitrogens with zero attached hydrogens (tertiary/aromatic N) is 2. The van der Waals surface area contributed by atoms with E-state index < -0.39 is 0 Å². The van der Waals surface area contributed by atoms with Crippen molar-refractivity contribution in [2.45, 2.75) is 44.3 Å². The average Bonchev–Trinajstić information content (AvgIpc) is 3.15. The van der Waals surface area contributed by atoms with Crippen LogP contribution in [-0.4, -0.2) is 21.1 Å². The van der Waals surface area contributed by atoms with Gasteiger partial charge in [-0.3, -0.25) is 14.2 Å². The largest absolute Gasteiger partial charge is 0.293 e. The summed E-state index contributed by atoms with van der Waals surface area (Å²) in [4.78, 5) is 33.0. The second kappa shape index (κ2) is 8.00. The molecule has 4 aromatic rings. The van der Waals surface area contributed by atoms with Crippen LogP contribution in [0.25, 0.3) is 21.0 Å². The van der Waals surface area contributed by atoms with E-state index in [0.717, 1.165) is 40.3 Å². The van der Waals surface area contributed by atoms with Gasteiger partial charge in [0.2, 0.25) is 0 Å². The van der Waals surface area contributed by atoms with Gasteiger partial charge in [0.15, 0.2) is 10.9 Å². The number of hydrogen-bond acceptors (Lipinski definition) is 5. The quantitative estimate of drug-likeness (QED) is 0.237. The van der Waals surface area contributed by atoms with E-state index >= 15 is 0 Å². The fraction of sp³-hybridized carbons (Fsp3) is 0.292.